The molecule has 0 unspecified atom stereocenters. The van der Waals surface area contributed by atoms with E-state index >= 15 is 0 Å². The minimum atomic E-state index is -0.172. The lowest BCUT2D eigenvalue weighted by Crippen LogP contribution is -3.61. The molecule has 4 rings (SSSR count). The molecule has 0 amide bonds. The van der Waals surface area contributed by atoms with Crippen molar-refractivity contribution in [2.45, 2.75) is 9.79 Å². The molecular weight excluding hydrogens is 483 g/mol. The van der Waals surface area contributed by atoms with Crippen LogP contribution >= 0.6 is 11.8 Å². The van der Waals surface area contributed by atoms with Crippen molar-refractivity contribution in [1.82, 2.24) is 0 Å². The Morgan fingerprint density at radius 1 is 0.519 bits per heavy atom. The first-order valence-electron chi connectivity index (χ1n) is 8.51. The zero-order valence-corrected chi connectivity index (χ0v) is 18.3. The number of hydrogen-bond acceptors (Lipinski definition) is 1. The zero-order chi connectivity index (χ0) is 17.6. The minimum absolute atomic E-state index is 0. The highest BCUT2D eigenvalue weighted by atomic mass is 127. The maximum atomic E-state index is 2.28. The van der Waals surface area contributed by atoms with E-state index < -0.39 is 0 Å². The molecule has 0 aliphatic heterocycles. The summed E-state index contributed by atoms with van der Waals surface area (Å²) in [4.78, 5) is 2.55. The standard InChI is InChI=1S/C24H18IS.ClH/c1-3-9-20(10-4-1)25-24-14-8-7-13-23(24)19-15-17-22(18-16-19)26-21-11-5-2-6-12-21;/h1-18H;1H/q+1;/p-1. The second-order valence-corrected chi connectivity index (χ2v) is 9.90. The van der Waals surface area contributed by atoms with Crippen molar-refractivity contribution < 1.29 is 33.6 Å². The lowest BCUT2D eigenvalue weighted by Gasteiger charge is -2.05. The highest BCUT2D eigenvalue weighted by molar-refractivity contribution is 7.99. The second-order valence-electron chi connectivity index (χ2n) is 5.81. The summed E-state index contributed by atoms with van der Waals surface area (Å²) in [6.45, 7) is 0. The Morgan fingerprint density at radius 2 is 1.07 bits per heavy atom. The Balaban J connectivity index is 0.00000210. The van der Waals surface area contributed by atoms with Crippen LogP contribution in [0.4, 0.5) is 0 Å². The topological polar surface area (TPSA) is 0 Å². The molecule has 3 heteroatoms. The van der Waals surface area contributed by atoms with E-state index in [-0.39, 0.29) is 33.6 Å². The fraction of sp³-hybridized carbons (Fsp3) is 0. The molecule has 0 spiro atoms. The molecule has 4 aromatic rings. The van der Waals surface area contributed by atoms with Crippen molar-refractivity contribution in [3.8, 4) is 11.1 Å². The summed E-state index contributed by atoms with van der Waals surface area (Å²) in [6, 6.07) is 39.1. The lowest BCUT2D eigenvalue weighted by atomic mass is 10.1. The Hall–Kier alpha value is -1.75. The van der Waals surface area contributed by atoms with Gasteiger partial charge < -0.3 is 12.4 Å². The molecule has 0 saturated carbocycles. The number of rotatable bonds is 5. The average molecular weight is 501 g/mol. The number of halogens is 2. The Kier molecular flexibility index (Phi) is 7.39. The van der Waals surface area contributed by atoms with Gasteiger partial charge in [0.1, 0.15) is 0 Å². The fourth-order valence-electron chi connectivity index (χ4n) is 2.70. The van der Waals surface area contributed by atoms with Gasteiger partial charge in [-0.05, 0) is 54.1 Å². The van der Waals surface area contributed by atoms with Crippen LogP contribution in [-0.2, 0) is 0 Å². The van der Waals surface area contributed by atoms with Gasteiger partial charge in [-0.3, -0.25) is 0 Å². The van der Waals surface area contributed by atoms with Gasteiger partial charge in [0.15, 0.2) is 3.57 Å². The molecule has 0 heterocycles. The van der Waals surface area contributed by atoms with Crippen LogP contribution in [-0.4, -0.2) is 0 Å². The molecule has 4 aromatic carbocycles. The van der Waals surface area contributed by atoms with Crippen molar-refractivity contribution in [2.75, 3.05) is 0 Å². The molecule has 0 N–H and O–H groups in total. The zero-order valence-electron chi connectivity index (χ0n) is 14.6. The molecule has 27 heavy (non-hydrogen) atoms. The van der Waals surface area contributed by atoms with Gasteiger partial charge in [-0.15, -0.1) is 0 Å². The van der Waals surface area contributed by atoms with Crippen LogP contribution in [0, 0.1) is 7.14 Å². The van der Waals surface area contributed by atoms with Crippen LogP contribution in [0.15, 0.2) is 119 Å². The smallest absolute Gasteiger partial charge is 0.358 e. The van der Waals surface area contributed by atoms with Crippen molar-refractivity contribution in [1.29, 1.82) is 0 Å². The van der Waals surface area contributed by atoms with Crippen molar-refractivity contribution in [3.05, 3.63) is 116 Å². The maximum absolute atomic E-state index is 2.28. The molecular formula is C24H18ClIS. The third-order valence-electron chi connectivity index (χ3n) is 3.96. The summed E-state index contributed by atoms with van der Waals surface area (Å²) in [5.41, 5.74) is 2.66. The Morgan fingerprint density at radius 3 is 1.78 bits per heavy atom. The summed E-state index contributed by atoms with van der Waals surface area (Å²) in [6.07, 6.45) is 0. The monoisotopic (exact) mass is 500 g/mol. The van der Waals surface area contributed by atoms with Crippen LogP contribution in [0.1, 0.15) is 0 Å². The highest BCUT2D eigenvalue weighted by Crippen LogP contribution is 2.29. The molecule has 0 bridgehead atoms. The summed E-state index contributed by atoms with van der Waals surface area (Å²) >= 11 is 1.63. The first-order valence-corrected chi connectivity index (χ1v) is 11.5. The Bertz CT molecular complexity index is 970. The van der Waals surface area contributed by atoms with Crippen molar-refractivity contribution in [3.63, 3.8) is 0 Å². The first-order chi connectivity index (χ1) is 12.9. The molecule has 134 valence electrons. The molecule has 0 atom stereocenters. The van der Waals surface area contributed by atoms with Gasteiger partial charge >= 0.3 is 21.2 Å². The van der Waals surface area contributed by atoms with Crippen LogP contribution in [0.25, 0.3) is 11.1 Å². The first kappa shape index (κ1) is 20.0. The van der Waals surface area contributed by atoms with E-state index in [1.807, 2.05) is 0 Å². The summed E-state index contributed by atoms with van der Waals surface area (Å²) in [5, 5.41) is 0. The largest absolute Gasteiger partial charge is 1.00 e. The molecule has 0 fully saturated rings. The van der Waals surface area contributed by atoms with Crippen LogP contribution < -0.4 is 33.6 Å². The van der Waals surface area contributed by atoms with E-state index in [1.54, 1.807) is 11.8 Å². The normalized spacial score (nSPS) is 10.2. The van der Waals surface area contributed by atoms with E-state index in [0.29, 0.717) is 0 Å². The molecule has 0 aliphatic carbocycles. The predicted octanol–water partition coefficient (Wildman–Crippen LogP) is 0.637. The van der Waals surface area contributed by atoms with Gasteiger partial charge in [0.25, 0.3) is 0 Å². The van der Waals surface area contributed by atoms with E-state index in [9.17, 15) is 0 Å². The molecule has 0 radical (unpaired) electrons. The van der Waals surface area contributed by atoms with Gasteiger partial charge in [-0.1, -0.05) is 72.4 Å². The Labute approximate surface area is 181 Å². The van der Waals surface area contributed by atoms with Crippen LogP contribution in [0.5, 0.6) is 0 Å². The van der Waals surface area contributed by atoms with E-state index in [1.165, 1.54) is 28.1 Å². The summed E-state index contributed by atoms with van der Waals surface area (Å²) < 4.78 is 2.93. The quantitative estimate of drug-likeness (QED) is 0.363. The van der Waals surface area contributed by atoms with E-state index in [0.717, 1.165) is 0 Å². The molecule has 0 aromatic heterocycles. The highest BCUT2D eigenvalue weighted by Gasteiger charge is 2.20. The van der Waals surface area contributed by atoms with Crippen molar-refractivity contribution in [2.24, 2.45) is 0 Å². The van der Waals surface area contributed by atoms with Crippen LogP contribution in [0.2, 0.25) is 0 Å². The third-order valence-corrected chi connectivity index (χ3v) is 7.84. The SMILES string of the molecule is [Cl-].c1ccc(Sc2ccc(-c3ccccc3[I+]c3ccccc3)cc2)cc1. The number of benzene rings is 4. The van der Waals surface area contributed by atoms with Gasteiger partial charge in [0.05, 0.1) is 0 Å². The van der Waals surface area contributed by atoms with Gasteiger partial charge in [0, 0.05) is 15.4 Å². The van der Waals surface area contributed by atoms with E-state index in [4.69, 9.17) is 0 Å². The summed E-state index contributed by atoms with van der Waals surface area (Å²) in [5.74, 6) is 0. The minimum Gasteiger partial charge on any atom is -1.00 e. The van der Waals surface area contributed by atoms with Crippen molar-refractivity contribution >= 4 is 11.8 Å². The molecule has 0 saturated heterocycles. The number of hydrogen-bond donors (Lipinski definition) is 0. The van der Waals surface area contributed by atoms with Gasteiger partial charge in [0.2, 0.25) is 3.57 Å². The lowest BCUT2D eigenvalue weighted by molar-refractivity contribution is -0.596. The predicted molar refractivity (Wildman–Crippen MR) is 106 cm³/mol. The average Bonchev–Trinajstić information content (AvgIpc) is 2.71. The molecule has 0 aliphatic rings. The second kappa shape index (κ2) is 9.98. The fourth-order valence-corrected chi connectivity index (χ4v) is 6.15. The summed E-state index contributed by atoms with van der Waals surface area (Å²) in [7, 11) is 0. The van der Waals surface area contributed by atoms with Gasteiger partial charge in [-0.25, -0.2) is 0 Å². The third kappa shape index (κ3) is 5.38. The van der Waals surface area contributed by atoms with Gasteiger partial charge in [-0.2, -0.15) is 0 Å². The van der Waals surface area contributed by atoms with Crippen LogP contribution in [0.3, 0.4) is 0 Å². The molecule has 0 nitrogen and oxygen atoms in total. The van der Waals surface area contributed by atoms with E-state index in [2.05, 4.69) is 109 Å². The maximum Gasteiger partial charge on any atom is 0.358 e.